The summed E-state index contributed by atoms with van der Waals surface area (Å²) in [6.07, 6.45) is 11.8. The van der Waals surface area contributed by atoms with Gasteiger partial charge in [0.2, 0.25) is 5.91 Å². The van der Waals surface area contributed by atoms with Crippen LogP contribution in [0.4, 0.5) is 0 Å². The molecule has 1 amide bonds. The maximum Gasteiger partial charge on any atom is 0.220 e. The molecule has 4 nitrogen and oxygen atoms in total. The minimum Gasteiger partial charge on any atom is -0.350 e. The first-order valence-electron chi connectivity index (χ1n) is 6.58. The Bertz CT molecular complexity index is 328. The Balaban J connectivity index is 1.60. The number of carbonyl (C=O) groups excluding carboxylic acids is 1. The van der Waals surface area contributed by atoms with Crippen LogP contribution in [0.2, 0.25) is 0 Å². The van der Waals surface area contributed by atoms with Gasteiger partial charge in [0, 0.05) is 12.6 Å². The van der Waals surface area contributed by atoms with Gasteiger partial charge in [-0.2, -0.15) is 0 Å². The third kappa shape index (κ3) is 4.21. The number of aromatic amines is 1. The van der Waals surface area contributed by atoms with Crippen LogP contribution in [0.3, 0.4) is 0 Å². The van der Waals surface area contributed by atoms with Crippen molar-refractivity contribution in [3.8, 4) is 0 Å². The number of hydrogen-bond donors (Lipinski definition) is 2. The number of imidazole rings is 1. The first-order valence-corrected chi connectivity index (χ1v) is 6.58. The molecule has 1 saturated carbocycles. The highest BCUT2D eigenvalue weighted by molar-refractivity contribution is 5.75. The van der Waals surface area contributed by atoms with Crippen LogP contribution in [0.25, 0.3) is 0 Å². The van der Waals surface area contributed by atoms with Crippen molar-refractivity contribution in [2.75, 3.05) is 0 Å². The average Bonchev–Trinajstić information content (AvgIpc) is 2.88. The number of nitrogens with one attached hydrogen (secondary N) is 2. The molecule has 0 atom stereocenters. The van der Waals surface area contributed by atoms with E-state index in [-0.39, 0.29) is 5.91 Å². The third-order valence-corrected chi connectivity index (χ3v) is 3.54. The van der Waals surface area contributed by atoms with Crippen LogP contribution in [-0.2, 0) is 11.3 Å². The van der Waals surface area contributed by atoms with Crippen molar-refractivity contribution >= 4 is 5.91 Å². The van der Waals surface area contributed by atoms with Gasteiger partial charge in [-0.05, 0) is 12.3 Å². The Morgan fingerprint density at radius 1 is 1.41 bits per heavy atom. The fraction of sp³-hybridized carbons (Fsp3) is 0.692. The van der Waals surface area contributed by atoms with Crippen molar-refractivity contribution in [3.05, 3.63) is 18.2 Å². The SMILES string of the molecule is O=C(CCC1CCCCC1)NCc1cnc[nH]1. The summed E-state index contributed by atoms with van der Waals surface area (Å²) in [5, 5.41) is 2.91. The van der Waals surface area contributed by atoms with Gasteiger partial charge >= 0.3 is 0 Å². The molecule has 1 heterocycles. The molecule has 0 unspecified atom stereocenters. The van der Waals surface area contributed by atoms with Gasteiger partial charge in [0.1, 0.15) is 0 Å². The fourth-order valence-corrected chi connectivity index (χ4v) is 2.47. The zero-order chi connectivity index (χ0) is 11.9. The molecule has 1 aliphatic carbocycles. The molecule has 1 fully saturated rings. The molecule has 0 aromatic carbocycles. The smallest absolute Gasteiger partial charge is 0.220 e. The zero-order valence-corrected chi connectivity index (χ0v) is 10.2. The second kappa shape index (κ2) is 6.42. The monoisotopic (exact) mass is 235 g/mol. The summed E-state index contributed by atoms with van der Waals surface area (Å²) in [6.45, 7) is 0.559. The highest BCUT2D eigenvalue weighted by Crippen LogP contribution is 2.27. The van der Waals surface area contributed by atoms with Crippen molar-refractivity contribution < 1.29 is 4.79 Å². The Hall–Kier alpha value is -1.32. The Morgan fingerprint density at radius 3 is 2.94 bits per heavy atom. The normalized spacial score (nSPS) is 16.9. The van der Waals surface area contributed by atoms with Crippen LogP contribution >= 0.6 is 0 Å². The number of aromatic nitrogens is 2. The molecule has 0 bridgehead atoms. The number of nitrogens with zero attached hydrogens (tertiary/aromatic N) is 1. The standard InChI is InChI=1S/C13H21N3O/c17-13(15-9-12-8-14-10-16-12)7-6-11-4-2-1-3-5-11/h8,10-11H,1-7,9H2,(H,14,16)(H,15,17). The second-order valence-corrected chi connectivity index (χ2v) is 4.90. The van der Waals surface area contributed by atoms with E-state index in [4.69, 9.17) is 0 Å². The van der Waals surface area contributed by atoms with Crippen LogP contribution in [0.1, 0.15) is 50.6 Å². The molecule has 2 rings (SSSR count). The van der Waals surface area contributed by atoms with Gasteiger partial charge in [0.25, 0.3) is 0 Å². The molecular weight excluding hydrogens is 214 g/mol. The van der Waals surface area contributed by atoms with Crippen LogP contribution in [0.5, 0.6) is 0 Å². The van der Waals surface area contributed by atoms with E-state index in [0.29, 0.717) is 13.0 Å². The first-order chi connectivity index (χ1) is 8.34. The lowest BCUT2D eigenvalue weighted by Gasteiger charge is -2.20. The molecule has 1 aliphatic rings. The van der Waals surface area contributed by atoms with Gasteiger partial charge in [0.05, 0.1) is 18.6 Å². The summed E-state index contributed by atoms with van der Waals surface area (Å²) in [5.41, 5.74) is 0.955. The number of hydrogen-bond acceptors (Lipinski definition) is 2. The lowest BCUT2D eigenvalue weighted by Crippen LogP contribution is -2.23. The Labute approximate surface area is 102 Å². The largest absolute Gasteiger partial charge is 0.350 e. The van der Waals surface area contributed by atoms with Crippen molar-refractivity contribution in [2.24, 2.45) is 5.92 Å². The van der Waals surface area contributed by atoms with E-state index in [1.54, 1.807) is 12.5 Å². The number of H-pyrrole nitrogens is 1. The molecule has 0 spiro atoms. The Morgan fingerprint density at radius 2 is 2.24 bits per heavy atom. The number of carbonyl (C=O) groups is 1. The molecule has 4 heteroatoms. The molecular formula is C13H21N3O. The van der Waals surface area contributed by atoms with E-state index in [1.807, 2.05) is 0 Å². The molecule has 17 heavy (non-hydrogen) atoms. The van der Waals surface area contributed by atoms with Gasteiger partial charge in [0.15, 0.2) is 0 Å². The van der Waals surface area contributed by atoms with Crippen LogP contribution in [-0.4, -0.2) is 15.9 Å². The maximum absolute atomic E-state index is 11.6. The quantitative estimate of drug-likeness (QED) is 0.823. The van der Waals surface area contributed by atoms with Gasteiger partial charge in [-0.1, -0.05) is 32.1 Å². The summed E-state index contributed by atoms with van der Waals surface area (Å²) in [6, 6.07) is 0. The zero-order valence-electron chi connectivity index (χ0n) is 10.2. The van der Waals surface area contributed by atoms with Gasteiger partial charge in [-0.25, -0.2) is 4.98 Å². The molecule has 0 radical (unpaired) electrons. The van der Waals surface area contributed by atoms with Crippen molar-refractivity contribution in [2.45, 2.75) is 51.5 Å². The minimum atomic E-state index is 0.158. The van der Waals surface area contributed by atoms with Gasteiger partial charge in [-0.15, -0.1) is 0 Å². The number of amides is 1. The maximum atomic E-state index is 11.6. The highest BCUT2D eigenvalue weighted by Gasteiger charge is 2.14. The molecule has 2 N–H and O–H groups in total. The van der Waals surface area contributed by atoms with E-state index in [1.165, 1.54) is 32.1 Å². The van der Waals surface area contributed by atoms with E-state index in [2.05, 4.69) is 15.3 Å². The van der Waals surface area contributed by atoms with Gasteiger partial charge in [-0.3, -0.25) is 4.79 Å². The van der Waals surface area contributed by atoms with Crippen molar-refractivity contribution in [3.63, 3.8) is 0 Å². The van der Waals surface area contributed by atoms with Gasteiger partial charge < -0.3 is 10.3 Å². The molecule has 94 valence electrons. The first kappa shape index (κ1) is 12.1. The lowest BCUT2D eigenvalue weighted by molar-refractivity contribution is -0.121. The summed E-state index contributed by atoms with van der Waals surface area (Å²) in [4.78, 5) is 18.5. The summed E-state index contributed by atoms with van der Waals surface area (Å²) < 4.78 is 0. The van der Waals surface area contributed by atoms with Crippen LogP contribution in [0, 0.1) is 5.92 Å². The van der Waals surface area contributed by atoms with E-state index >= 15 is 0 Å². The molecule has 0 aliphatic heterocycles. The van der Waals surface area contributed by atoms with E-state index in [9.17, 15) is 4.79 Å². The summed E-state index contributed by atoms with van der Waals surface area (Å²) in [7, 11) is 0. The predicted octanol–water partition coefficient (Wildman–Crippen LogP) is 2.39. The van der Waals surface area contributed by atoms with Crippen molar-refractivity contribution in [1.29, 1.82) is 0 Å². The fourth-order valence-electron chi connectivity index (χ4n) is 2.47. The topological polar surface area (TPSA) is 57.8 Å². The molecule has 1 aromatic heterocycles. The number of rotatable bonds is 5. The predicted molar refractivity (Wildman–Crippen MR) is 66.2 cm³/mol. The highest BCUT2D eigenvalue weighted by atomic mass is 16.1. The van der Waals surface area contributed by atoms with E-state index < -0.39 is 0 Å². The lowest BCUT2D eigenvalue weighted by atomic mass is 9.86. The van der Waals surface area contributed by atoms with E-state index in [0.717, 1.165) is 18.0 Å². The third-order valence-electron chi connectivity index (χ3n) is 3.54. The van der Waals surface area contributed by atoms with Crippen LogP contribution in [0.15, 0.2) is 12.5 Å². The van der Waals surface area contributed by atoms with Crippen molar-refractivity contribution in [1.82, 2.24) is 15.3 Å². The Kier molecular flexibility index (Phi) is 4.59. The summed E-state index contributed by atoms with van der Waals surface area (Å²) in [5.74, 6) is 0.937. The average molecular weight is 235 g/mol. The molecule has 1 aromatic rings. The minimum absolute atomic E-state index is 0.158. The van der Waals surface area contributed by atoms with Crippen LogP contribution < -0.4 is 5.32 Å². The molecule has 0 saturated heterocycles. The summed E-state index contributed by atoms with van der Waals surface area (Å²) >= 11 is 0. The second-order valence-electron chi connectivity index (χ2n) is 4.90.